The summed E-state index contributed by atoms with van der Waals surface area (Å²) in [7, 11) is 0. The van der Waals surface area contributed by atoms with Crippen LogP contribution in [0, 0.1) is 0 Å². The minimum Gasteiger partial charge on any atom is -0.338 e. The average Bonchev–Trinajstić information content (AvgIpc) is 2.59. The fourth-order valence-corrected chi connectivity index (χ4v) is 5.58. The largest absolute Gasteiger partial charge is 0.338 e. The highest BCUT2D eigenvalue weighted by Gasteiger charge is 2.36. The average molecular weight is 326 g/mol. The molecule has 5 heteroatoms. The van der Waals surface area contributed by atoms with Gasteiger partial charge in [0.25, 0.3) is 0 Å². The Bertz CT molecular complexity index is 369. The van der Waals surface area contributed by atoms with E-state index in [4.69, 9.17) is 0 Å². The molecule has 0 aromatic carbocycles. The molecule has 2 heterocycles. The number of hydrogen-bond acceptors (Lipinski definition) is 4. The molecule has 2 unspecified atom stereocenters. The third-order valence-corrected chi connectivity index (χ3v) is 7.00. The van der Waals surface area contributed by atoms with Gasteiger partial charge in [-0.2, -0.15) is 11.8 Å². The van der Waals surface area contributed by atoms with Gasteiger partial charge in [0.15, 0.2) is 0 Å². The Hall–Kier alpha value is -0.260. The van der Waals surface area contributed by atoms with Crippen molar-refractivity contribution in [2.24, 2.45) is 0 Å². The summed E-state index contributed by atoms with van der Waals surface area (Å²) >= 11 is 2.11. The van der Waals surface area contributed by atoms with Crippen LogP contribution in [-0.4, -0.2) is 83.5 Å². The monoisotopic (exact) mass is 325 g/mol. The number of amides is 1. The lowest BCUT2D eigenvalue weighted by Crippen LogP contribution is -2.52. The quantitative estimate of drug-likeness (QED) is 0.789. The zero-order valence-electron chi connectivity index (χ0n) is 14.0. The van der Waals surface area contributed by atoms with Crippen molar-refractivity contribution in [1.29, 1.82) is 0 Å². The highest BCUT2D eigenvalue weighted by molar-refractivity contribution is 8.00. The second-order valence-electron chi connectivity index (χ2n) is 6.87. The van der Waals surface area contributed by atoms with E-state index in [1.807, 2.05) is 0 Å². The number of carbonyl (C=O) groups is 1. The highest BCUT2D eigenvalue weighted by atomic mass is 32.2. The summed E-state index contributed by atoms with van der Waals surface area (Å²) in [6.07, 6.45) is 5.94. The van der Waals surface area contributed by atoms with Crippen molar-refractivity contribution in [1.82, 2.24) is 14.7 Å². The van der Waals surface area contributed by atoms with Crippen LogP contribution in [0.3, 0.4) is 0 Å². The van der Waals surface area contributed by atoms with Crippen LogP contribution < -0.4 is 0 Å². The van der Waals surface area contributed by atoms with E-state index >= 15 is 0 Å². The van der Waals surface area contributed by atoms with Crippen LogP contribution in [0.1, 0.15) is 39.0 Å². The van der Waals surface area contributed by atoms with Gasteiger partial charge in [0.2, 0.25) is 5.91 Å². The number of hydrogen-bond donors (Lipinski definition) is 0. The molecule has 0 spiro atoms. The van der Waals surface area contributed by atoms with Gasteiger partial charge in [0.1, 0.15) is 0 Å². The predicted molar refractivity (Wildman–Crippen MR) is 93.4 cm³/mol. The SMILES string of the molecule is CCN1CCN(CCC(=O)N2CCSC3CCCCC32)CC1. The molecule has 2 aliphatic heterocycles. The maximum Gasteiger partial charge on any atom is 0.224 e. The first kappa shape index (κ1) is 16.6. The summed E-state index contributed by atoms with van der Waals surface area (Å²) in [5.74, 6) is 1.55. The molecular weight excluding hydrogens is 294 g/mol. The summed E-state index contributed by atoms with van der Waals surface area (Å²) in [5, 5.41) is 0.722. The Labute approximate surface area is 139 Å². The number of piperazine rings is 1. The zero-order valence-corrected chi connectivity index (χ0v) is 14.8. The number of likely N-dealkylation sites (N-methyl/N-ethyl adjacent to an activating group) is 1. The minimum atomic E-state index is 0.412. The van der Waals surface area contributed by atoms with Crippen LogP contribution in [0.2, 0.25) is 0 Å². The van der Waals surface area contributed by atoms with Crippen LogP contribution in [0.15, 0.2) is 0 Å². The van der Waals surface area contributed by atoms with E-state index in [0.29, 0.717) is 11.9 Å². The maximum absolute atomic E-state index is 12.7. The van der Waals surface area contributed by atoms with E-state index < -0.39 is 0 Å². The van der Waals surface area contributed by atoms with E-state index in [-0.39, 0.29) is 0 Å². The van der Waals surface area contributed by atoms with Crippen molar-refractivity contribution in [3.63, 3.8) is 0 Å². The lowest BCUT2D eigenvalue weighted by Gasteiger charge is -2.44. The second-order valence-corrected chi connectivity index (χ2v) is 8.22. The van der Waals surface area contributed by atoms with Crippen molar-refractivity contribution < 1.29 is 4.79 Å². The first-order valence-electron chi connectivity index (χ1n) is 9.13. The maximum atomic E-state index is 12.7. The van der Waals surface area contributed by atoms with Crippen molar-refractivity contribution in [3.8, 4) is 0 Å². The van der Waals surface area contributed by atoms with E-state index in [1.165, 1.54) is 25.7 Å². The molecule has 22 heavy (non-hydrogen) atoms. The molecule has 2 saturated heterocycles. The Balaban J connectivity index is 1.45. The summed E-state index contributed by atoms with van der Waals surface area (Å²) in [4.78, 5) is 19.9. The van der Waals surface area contributed by atoms with Crippen molar-refractivity contribution >= 4 is 17.7 Å². The fraction of sp³-hybridized carbons (Fsp3) is 0.941. The number of carbonyl (C=O) groups excluding carboxylic acids is 1. The molecule has 1 aliphatic carbocycles. The van der Waals surface area contributed by atoms with E-state index in [1.54, 1.807) is 0 Å². The molecule has 2 atom stereocenters. The Kier molecular flexibility index (Phi) is 6.05. The molecule has 3 aliphatic rings. The molecule has 126 valence electrons. The van der Waals surface area contributed by atoms with Crippen molar-refractivity contribution in [2.45, 2.75) is 50.3 Å². The molecule has 1 amide bonds. The van der Waals surface area contributed by atoms with Gasteiger partial charge in [0, 0.05) is 62.7 Å². The molecule has 4 nitrogen and oxygen atoms in total. The van der Waals surface area contributed by atoms with Crippen LogP contribution in [0.25, 0.3) is 0 Å². The van der Waals surface area contributed by atoms with Crippen LogP contribution in [0.4, 0.5) is 0 Å². The van der Waals surface area contributed by atoms with Gasteiger partial charge >= 0.3 is 0 Å². The topological polar surface area (TPSA) is 26.8 Å². The molecule has 0 bridgehead atoms. The number of rotatable bonds is 4. The fourth-order valence-electron chi connectivity index (χ4n) is 4.13. The van der Waals surface area contributed by atoms with Crippen LogP contribution >= 0.6 is 11.8 Å². The normalized spacial score (nSPS) is 31.0. The van der Waals surface area contributed by atoms with Crippen molar-refractivity contribution in [3.05, 3.63) is 0 Å². The standard InChI is InChI=1S/C17H31N3OS/c1-2-18-9-11-19(12-10-18)8-7-17(21)20-13-14-22-16-6-4-3-5-15(16)20/h15-16H,2-14H2,1H3. The molecule has 3 rings (SSSR count). The molecule has 0 aromatic heterocycles. The molecule has 1 saturated carbocycles. The lowest BCUT2D eigenvalue weighted by molar-refractivity contribution is -0.134. The lowest BCUT2D eigenvalue weighted by atomic mass is 9.93. The highest BCUT2D eigenvalue weighted by Crippen LogP contribution is 2.35. The summed E-state index contributed by atoms with van der Waals surface area (Å²) in [6.45, 7) is 9.90. The van der Waals surface area contributed by atoms with Crippen LogP contribution in [0.5, 0.6) is 0 Å². The molecule has 3 fully saturated rings. The van der Waals surface area contributed by atoms with Gasteiger partial charge in [-0.15, -0.1) is 0 Å². The van der Waals surface area contributed by atoms with Gasteiger partial charge in [-0.1, -0.05) is 19.8 Å². The molecular formula is C17H31N3OS. The van der Waals surface area contributed by atoms with Crippen LogP contribution in [-0.2, 0) is 4.79 Å². The molecule has 0 radical (unpaired) electrons. The van der Waals surface area contributed by atoms with E-state index in [2.05, 4.69) is 33.4 Å². The Morgan fingerprint density at radius 1 is 1.05 bits per heavy atom. The molecule has 0 N–H and O–H groups in total. The predicted octanol–water partition coefficient (Wildman–Crippen LogP) is 1.90. The van der Waals surface area contributed by atoms with Gasteiger partial charge in [-0.05, 0) is 19.4 Å². The summed E-state index contributed by atoms with van der Waals surface area (Å²) < 4.78 is 0. The second kappa shape index (κ2) is 8.02. The van der Waals surface area contributed by atoms with Gasteiger partial charge in [-0.25, -0.2) is 0 Å². The smallest absolute Gasteiger partial charge is 0.224 e. The number of thioether (sulfide) groups is 1. The summed E-state index contributed by atoms with van der Waals surface area (Å²) in [6, 6.07) is 0.539. The first-order valence-corrected chi connectivity index (χ1v) is 10.2. The van der Waals surface area contributed by atoms with E-state index in [0.717, 1.165) is 63.2 Å². The molecule has 0 aromatic rings. The third kappa shape index (κ3) is 3.98. The number of nitrogens with zero attached hydrogens (tertiary/aromatic N) is 3. The minimum absolute atomic E-state index is 0.412. The Morgan fingerprint density at radius 3 is 2.55 bits per heavy atom. The van der Waals surface area contributed by atoms with Gasteiger partial charge in [0.05, 0.1) is 0 Å². The summed E-state index contributed by atoms with van der Waals surface area (Å²) in [5.41, 5.74) is 0. The number of fused-ring (bicyclic) bond motifs is 1. The first-order chi connectivity index (χ1) is 10.8. The zero-order chi connectivity index (χ0) is 15.4. The van der Waals surface area contributed by atoms with E-state index in [9.17, 15) is 4.79 Å². The van der Waals surface area contributed by atoms with Gasteiger partial charge in [-0.3, -0.25) is 4.79 Å². The third-order valence-electron chi connectivity index (χ3n) is 5.61. The van der Waals surface area contributed by atoms with Crippen molar-refractivity contribution in [2.75, 3.05) is 51.6 Å². The Morgan fingerprint density at radius 2 is 1.77 bits per heavy atom. The van der Waals surface area contributed by atoms with Gasteiger partial charge < -0.3 is 14.7 Å².